The van der Waals surface area contributed by atoms with Gasteiger partial charge in [-0.05, 0) is 31.0 Å². The number of nitrogen functional groups attached to an aromatic ring is 1. The molecule has 6 rings (SSSR count). The minimum absolute atomic E-state index is 0.0746. The number of hydrogen-bond acceptors (Lipinski definition) is 8. The Morgan fingerprint density at radius 1 is 1.20 bits per heavy atom. The van der Waals surface area contributed by atoms with Crippen LogP contribution >= 0.6 is 0 Å². The molecule has 2 amide bonds. The normalized spacial score (nSPS) is 17.5. The van der Waals surface area contributed by atoms with E-state index < -0.39 is 17.5 Å². The van der Waals surface area contributed by atoms with Crippen molar-refractivity contribution < 1.29 is 14.0 Å². The quantitative estimate of drug-likeness (QED) is 0.344. The van der Waals surface area contributed by atoms with Gasteiger partial charge in [-0.2, -0.15) is 14.6 Å². The molecule has 12 nitrogen and oxygen atoms in total. The summed E-state index contributed by atoms with van der Waals surface area (Å²) in [5.74, 6) is 0.299. The smallest absolute Gasteiger partial charge is 0.253 e. The Balaban J connectivity index is 1.53. The van der Waals surface area contributed by atoms with Gasteiger partial charge in [0.05, 0.1) is 17.8 Å². The topological polar surface area (TPSA) is 158 Å². The van der Waals surface area contributed by atoms with E-state index in [2.05, 4.69) is 30.8 Å². The summed E-state index contributed by atoms with van der Waals surface area (Å²) in [5, 5.41) is 15.1. The van der Waals surface area contributed by atoms with Gasteiger partial charge in [0, 0.05) is 6.54 Å². The third kappa shape index (κ3) is 3.14. The number of hydrogen-bond donors (Lipinski definition) is 3. The number of anilines is 1. The zero-order valence-electron chi connectivity index (χ0n) is 18.7. The summed E-state index contributed by atoms with van der Waals surface area (Å²) in [6.45, 7) is 2.24. The van der Waals surface area contributed by atoms with Crippen LogP contribution in [0.4, 0.5) is 5.95 Å². The molecule has 0 radical (unpaired) electrons. The van der Waals surface area contributed by atoms with E-state index in [0.29, 0.717) is 46.8 Å². The van der Waals surface area contributed by atoms with Crippen LogP contribution < -0.4 is 16.4 Å². The van der Waals surface area contributed by atoms with E-state index in [1.807, 2.05) is 30.3 Å². The second-order valence-corrected chi connectivity index (χ2v) is 8.46. The number of benzene rings is 1. The summed E-state index contributed by atoms with van der Waals surface area (Å²) >= 11 is 0. The van der Waals surface area contributed by atoms with E-state index in [0.717, 1.165) is 0 Å². The highest BCUT2D eigenvalue weighted by Gasteiger charge is 2.42. The van der Waals surface area contributed by atoms with Gasteiger partial charge in [-0.15, -0.1) is 5.10 Å². The average Bonchev–Trinajstić information content (AvgIpc) is 3.66. The Hall–Kier alpha value is -4.74. The fourth-order valence-electron chi connectivity index (χ4n) is 4.39. The Labute approximate surface area is 198 Å². The van der Waals surface area contributed by atoms with Gasteiger partial charge in [0.2, 0.25) is 17.7 Å². The predicted molar refractivity (Wildman–Crippen MR) is 125 cm³/mol. The van der Waals surface area contributed by atoms with E-state index in [-0.39, 0.29) is 11.9 Å². The molecule has 5 heterocycles. The molecule has 0 bridgehead atoms. The molecule has 2 atom stereocenters. The van der Waals surface area contributed by atoms with Gasteiger partial charge in [-0.1, -0.05) is 30.3 Å². The van der Waals surface area contributed by atoms with Crippen LogP contribution in [0.3, 0.4) is 0 Å². The van der Waals surface area contributed by atoms with Gasteiger partial charge in [0.1, 0.15) is 6.04 Å². The Kier molecular flexibility index (Phi) is 4.56. The number of nitrogens with two attached hydrogens (primary N) is 1. The van der Waals surface area contributed by atoms with E-state index in [1.54, 1.807) is 25.3 Å². The van der Waals surface area contributed by atoms with Crippen LogP contribution in [-0.2, 0) is 15.1 Å². The van der Waals surface area contributed by atoms with Crippen LogP contribution in [0.2, 0.25) is 0 Å². The van der Waals surface area contributed by atoms with Crippen molar-refractivity contribution in [3.05, 3.63) is 60.5 Å². The van der Waals surface area contributed by atoms with Gasteiger partial charge >= 0.3 is 0 Å². The molecule has 1 aromatic carbocycles. The molecule has 1 aliphatic heterocycles. The molecule has 0 spiro atoms. The molecule has 4 aromatic heterocycles. The molecule has 176 valence electrons. The van der Waals surface area contributed by atoms with Gasteiger partial charge in [0.25, 0.3) is 5.91 Å². The Bertz CT molecular complexity index is 1570. The van der Waals surface area contributed by atoms with Crippen LogP contribution in [0.15, 0.2) is 59.3 Å². The lowest BCUT2D eigenvalue weighted by molar-refractivity contribution is -0.131. The van der Waals surface area contributed by atoms with Crippen molar-refractivity contribution in [1.82, 2.24) is 40.0 Å². The fourth-order valence-corrected chi connectivity index (χ4v) is 4.39. The van der Waals surface area contributed by atoms with Gasteiger partial charge < -0.3 is 20.8 Å². The number of rotatable bonds is 5. The highest BCUT2D eigenvalue weighted by molar-refractivity contribution is 5.96. The van der Waals surface area contributed by atoms with Crippen molar-refractivity contribution in [1.29, 1.82) is 0 Å². The molecule has 4 N–H and O–H groups in total. The zero-order chi connectivity index (χ0) is 24.2. The second-order valence-electron chi connectivity index (χ2n) is 8.46. The van der Waals surface area contributed by atoms with Crippen molar-refractivity contribution in [2.75, 3.05) is 12.3 Å². The maximum absolute atomic E-state index is 13.8. The minimum Gasteiger partial charge on any atom is -0.461 e. The largest absolute Gasteiger partial charge is 0.461 e. The lowest BCUT2D eigenvalue weighted by atomic mass is 9.90. The van der Waals surface area contributed by atoms with E-state index in [4.69, 9.17) is 10.2 Å². The lowest BCUT2D eigenvalue weighted by Gasteiger charge is -2.30. The SMILES string of the molecule is CC(C(=O)N[C@H]1CCNC1=O)(c1ccccc1)n1ncc2c1nc(N)n1nc(-c3ccco3)nc21. The Morgan fingerprint density at radius 2 is 2.03 bits per heavy atom. The maximum Gasteiger partial charge on any atom is 0.253 e. The van der Waals surface area contributed by atoms with Crippen molar-refractivity contribution in [3.8, 4) is 11.6 Å². The molecule has 0 aliphatic carbocycles. The summed E-state index contributed by atoms with van der Waals surface area (Å²) < 4.78 is 8.34. The number of nitrogens with zero attached hydrogens (tertiary/aromatic N) is 6. The first-order valence-electron chi connectivity index (χ1n) is 11.1. The highest BCUT2D eigenvalue weighted by atomic mass is 16.3. The molecular formula is C23H21N9O3. The van der Waals surface area contributed by atoms with Crippen molar-refractivity contribution in [3.63, 3.8) is 0 Å². The van der Waals surface area contributed by atoms with Gasteiger partial charge in [-0.3, -0.25) is 9.59 Å². The molecule has 1 unspecified atom stereocenters. The molecular weight excluding hydrogens is 450 g/mol. The zero-order valence-corrected chi connectivity index (χ0v) is 18.7. The number of amides is 2. The lowest BCUT2D eigenvalue weighted by Crippen LogP contribution is -2.52. The molecule has 12 heteroatoms. The predicted octanol–water partition coefficient (Wildman–Crippen LogP) is 1.08. The van der Waals surface area contributed by atoms with Crippen molar-refractivity contribution in [2.45, 2.75) is 24.9 Å². The Morgan fingerprint density at radius 3 is 2.74 bits per heavy atom. The first-order valence-corrected chi connectivity index (χ1v) is 11.1. The fraction of sp³-hybridized carbons (Fsp3) is 0.217. The number of carbonyl (C=O) groups excluding carboxylic acids is 2. The van der Waals surface area contributed by atoms with E-state index in [9.17, 15) is 9.59 Å². The van der Waals surface area contributed by atoms with Crippen LogP contribution in [-0.4, -0.2) is 53.8 Å². The van der Waals surface area contributed by atoms with Crippen LogP contribution in [0.25, 0.3) is 28.3 Å². The third-order valence-corrected chi connectivity index (χ3v) is 6.33. The highest BCUT2D eigenvalue weighted by Crippen LogP contribution is 2.32. The van der Waals surface area contributed by atoms with Crippen LogP contribution in [0.5, 0.6) is 0 Å². The first-order chi connectivity index (χ1) is 17.0. The molecule has 5 aromatic rings. The second kappa shape index (κ2) is 7.65. The number of carbonyl (C=O) groups is 2. The first kappa shape index (κ1) is 20.8. The summed E-state index contributed by atoms with van der Waals surface area (Å²) in [6.07, 6.45) is 3.62. The van der Waals surface area contributed by atoms with E-state index >= 15 is 0 Å². The molecule has 1 aliphatic rings. The van der Waals surface area contributed by atoms with E-state index in [1.165, 1.54) is 15.5 Å². The van der Waals surface area contributed by atoms with Crippen molar-refractivity contribution >= 4 is 34.4 Å². The number of furan rings is 1. The standard InChI is InChI=1S/C23H21N9O3/c1-23(13-6-3-2-4-7-13,21(34)27-15-9-10-25-20(15)33)32-19-14(12-26-32)18-28-17(16-8-5-11-35-16)30-31(18)22(24)29-19/h2-8,11-12,15H,9-10H2,1H3,(H2,24,29)(H,25,33)(H,27,34)/t15-,23?/m0/s1. The number of fused-ring (bicyclic) bond motifs is 3. The number of nitrogens with one attached hydrogen (secondary N) is 2. The molecule has 1 fully saturated rings. The maximum atomic E-state index is 13.8. The minimum atomic E-state index is -1.34. The average molecular weight is 471 g/mol. The molecule has 35 heavy (non-hydrogen) atoms. The monoisotopic (exact) mass is 471 g/mol. The summed E-state index contributed by atoms with van der Waals surface area (Å²) in [4.78, 5) is 35.0. The van der Waals surface area contributed by atoms with Crippen LogP contribution in [0, 0.1) is 0 Å². The van der Waals surface area contributed by atoms with Gasteiger partial charge in [0.15, 0.2) is 22.6 Å². The molecule has 0 saturated carbocycles. The van der Waals surface area contributed by atoms with Crippen molar-refractivity contribution in [2.24, 2.45) is 0 Å². The summed E-state index contributed by atoms with van der Waals surface area (Å²) in [5.41, 5.74) is 6.36. The molecule has 1 saturated heterocycles. The number of aromatic nitrogens is 6. The van der Waals surface area contributed by atoms with Gasteiger partial charge in [-0.25, -0.2) is 9.67 Å². The third-order valence-electron chi connectivity index (χ3n) is 6.33. The summed E-state index contributed by atoms with van der Waals surface area (Å²) in [7, 11) is 0. The van der Waals surface area contributed by atoms with Crippen LogP contribution in [0.1, 0.15) is 18.9 Å². The summed E-state index contributed by atoms with van der Waals surface area (Å²) in [6, 6.07) is 12.1.